The average Bonchev–Trinajstić information content (AvgIpc) is 2.14. The lowest BCUT2D eigenvalue weighted by Gasteiger charge is -2.19. The number of rotatable bonds is 1. The summed E-state index contributed by atoms with van der Waals surface area (Å²) in [6.45, 7) is 5.44. The molecule has 1 aromatic heterocycles. The zero-order valence-corrected chi connectivity index (χ0v) is 10.9. The lowest BCUT2D eigenvalue weighted by atomic mass is 9.88. The van der Waals surface area contributed by atoms with Crippen molar-refractivity contribution in [1.29, 1.82) is 5.26 Å². The quantitative estimate of drug-likeness (QED) is 0.446. The molecule has 0 aliphatic rings. The number of nitro groups is 1. The van der Waals surface area contributed by atoms with Gasteiger partial charge in [-0.05, 0) is 0 Å². The Kier molecular flexibility index (Phi) is 3.60. The number of hydrogen-bond acceptors (Lipinski definition) is 4. The summed E-state index contributed by atoms with van der Waals surface area (Å²) in [6, 6.07) is 1.84. The first kappa shape index (κ1) is 13.7. The number of aromatic nitrogens is 1. The molecule has 7 heteroatoms. The summed E-state index contributed by atoms with van der Waals surface area (Å²) < 4.78 is 0. The summed E-state index contributed by atoms with van der Waals surface area (Å²) in [7, 11) is 0. The molecule has 0 atom stereocenters. The molecule has 0 saturated carbocycles. The van der Waals surface area contributed by atoms with Crippen LogP contribution in [0.1, 0.15) is 32.0 Å². The molecule has 0 bridgehead atoms. The molecule has 0 aromatic carbocycles. The van der Waals surface area contributed by atoms with Gasteiger partial charge in [0.2, 0.25) is 5.15 Å². The van der Waals surface area contributed by atoms with Gasteiger partial charge in [0.25, 0.3) is 0 Å². The Hall–Kier alpha value is -1.38. The minimum absolute atomic E-state index is 0.00438. The van der Waals surface area contributed by atoms with E-state index < -0.39 is 16.0 Å². The second-order valence-electron chi connectivity index (χ2n) is 4.41. The second-order valence-corrected chi connectivity index (χ2v) is 5.14. The Morgan fingerprint density at radius 2 is 1.94 bits per heavy atom. The Bertz CT molecular complexity index is 530. The predicted octanol–water partition coefficient (Wildman–Crippen LogP) is 3.47. The fourth-order valence-electron chi connectivity index (χ4n) is 1.32. The minimum atomic E-state index is -0.745. The van der Waals surface area contributed by atoms with Gasteiger partial charge in [-0.15, -0.1) is 0 Å². The standard InChI is InChI=1S/C10H9Cl2N3O2/c1-10(2,3)8-5(4-13)6(11)7(15(16)17)9(12)14-8/h1-3H3. The monoisotopic (exact) mass is 273 g/mol. The summed E-state index contributed by atoms with van der Waals surface area (Å²) in [6.07, 6.45) is 0. The molecule has 0 aliphatic heterocycles. The van der Waals surface area contributed by atoms with Gasteiger partial charge in [-0.3, -0.25) is 10.1 Å². The Balaban J connectivity index is 3.72. The third-order valence-electron chi connectivity index (χ3n) is 2.07. The summed E-state index contributed by atoms with van der Waals surface area (Å²) in [4.78, 5) is 13.9. The molecule has 0 saturated heterocycles. The number of pyridine rings is 1. The van der Waals surface area contributed by atoms with Crippen LogP contribution in [0.5, 0.6) is 0 Å². The van der Waals surface area contributed by atoms with Crippen LogP contribution in [0.25, 0.3) is 0 Å². The molecule has 90 valence electrons. The van der Waals surface area contributed by atoms with Gasteiger partial charge in [0.05, 0.1) is 16.2 Å². The molecule has 0 radical (unpaired) electrons. The van der Waals surface area contributed by atoms with Gasteiger partial charge < -0.3 is 0 Å². The molecule has 0 fully saturated rings. The molecule has 1 rings (SSSR count). The first-order chi connectivity index (χ1) is 7.70. The van der Waals surface area contributed by atoms with Gasteiger partial charge in [-0.25, -0.2) is 4.98 Å². The summed E-state index contributed by atoms with van der Waals surface area (Å²) >= 11 is 11.5. The highest BCUT2D eigenvalue weighted by Gasteiger charge is 2.30. The van der Waals surface area contributed by atoms with Crippen LogP contribution in [0.4, 0.5) is 5.69 Å². The fourth-order valence-corrected chi connectivity index (χ4v) is 1.91. The van der Waals surface area contributed by atoms with E-state index >= 15 is 0 Å². The molecule has 0 amide bonds. The van der Waals surface area contributed by atoms with Crippen molar-refractivity contribution >= 4 is 28.9 Å². The minimum Gasteiger partial charge on any atom is -0.258 e. The van der Waals surface area contributed by atoms with Crippen LogP contribution < -0.4 is 0 Å². The van der Waals surface area contributed by atoms with Crippen LogP contribution in [0.15, 0.2) is 0 Å². The topological polar surface area (TPSA) is 79.8 Å². The second kappa shape index (κ2) is 4.47. The van der Waals surface area contributed by atoms with Gasteiger partial charge in [-0.1, -0.05) is 44.0 Å². The van der Waals surface area contributed by atoms with Crippen molar-refractivity contribution in [3.05, 3.63) is 31.5 Å². The van der Waals surface area contributed by atoms with Crippen molar-refractivity contribution in [2.45, 2.75) is 26.2 Å². The molecular formula is C10H9Cl2N3O2. The van der Waals surface area contributed by atoms with Gasteiger partial charge in [0, 0.05) is 5.41 Å². The molecule has 0 aliphatic carbocycles. The molecule has 5 nitrogen and oxygen atoms in total. The zero-order chi connectivity index (χ0) is 13.4. The zero-order valence-electron chi connectivity index (χ0n) is 9.41. The van der Waals surface area contributed by atoms with Crippen LogP contribution in [-0.2, 0) is 5.41 Å². The fraction of sp³-hybridized carbons (Fsp3) is 0.400. The van der Waals surface area contributed by atoms with E-state index in [9.17, 15) is 10.1 Å². The van der Waals surface area contributed by atoms with E-state index in [4.69, 9.17) is 28.5 Å². The highest BCUT2D eigenvalue weighted by molar-refractivity contribution is 6.38. The molecular weight excluding hydrogens is 265 g/mol. The van der Waals surface area contributed by atoms with Crippen molar-refractivity contribution < 1.29 is 4.92 Å². The number of nitrogens with zero attached hydrogens (tertiary/aromatic N) is 3. The van der Waals surface area contributed by atoms with Crippen molar-refractivity contribution in [3.63, 3.8) is 0 Å². The molecule has 1 heterocycles. The SMILES string of the molecule is CC(C)(C)c1nc(Cl)c([N+](=O)[O-])c(Cl)c1C#N. The maximum atomic E-state index is 10.8. The van der Waals surface area contributed by atoms with E-state index in [1.54, 1.807) is 0 Å². The van der Waals surface area contributed by atoms with Crippen LogP contribution >= 0.6 is 23.2 Å². The summed E-state index contributed by atoms with van der Waals surface area (Å²) in [5.74, 6) is 0. The maximum Gasteiger partial charge on any atom is 0.326 e. The number of halogens is 2. The van der Waals surface area contributed by atoms with E-state index in [1.165, 1.54) is 0 Å². The molecule has 1 aromatic rings. The largest absolute Gasteiger partial charge is 0.326 e. The van der Waals surface area contributed by atoms with E-state index in [0.29, 0.717) is 5.69 Å². The van der Waals surface area contributed by atoms with Crippen molar-refractivity contribution in [1.82, 2.24) is 4.98 Å². The van der Waals surface area contributed by atoms with Crippen LogP contribution in [0, 0.1) is 21.4 Å². The third-order valence-corrected chi connectivity index (χ3v) is 2.71. The normalized spacial score (nSPS) is 11.1. The summed E-state index contributed by atoms with van der Waals surface area (Å²) in [5, 5.41) is 19.2. The molecule has 17 heavy (non-hydrogen) atoms. The Morgan fingerprint density at radius 3 is 2.29 bits per heavy atom. The first-order valence-electron chi connectivity index (χ1n) is 4.64. The third kappa shape index (κ3) is 2.48. The van der Waals surface area contributed by atoms with E-state index in [1.807, 2.05) is 26.8 Å². The highest BCUT2D eigenvalue weighted by atomic mass is 35.5. The summed E-state index contributed by atoms with van der Waals surface area (Å²) in [5.41, 5.74) is -0.665. The smallest absolute Gasteiger partial charge is 0.258 e. The highest BCUT2D eigenvalue weighted by Crippen LogP contribution is 2.38. The molecule has 0 unspecified atom stereocenters. The predicted molar refractivity (Wildman–Crippen MR) is 64.3 cm³/mol. The Labute approximate surface area is 108 Å². The van der Waals surface area contributed by atoms with E-state index in [-0.39, 0.29) is 15.7 Å². The van der Waals surface area contributed by atoms with Crippen LogP contribution in [-0.4, -0.2) is 9.91 Å². The van der Waals surface area contributed by atoms with Gasteiger partial charge in [-0.2, -0.15) is 5.26 Å². The number of nitriles is 1. The lowest BCUT2D eigenvalue weighted by molar-refractivity contribution is -0.384. The van der Waals surface area contributed by atoms with Gasteiger partial charge in [0.1, 0.15) is 11.1 Å². The average molecular weight is 274 g/mol. The molecule has 0 N–H and O–H groups in total. The van der Waals surface area contributed by atoms with Gasteiger partial charge >= 0.3 is 5.69 Å². The maximum absolute atomic E-state index is 10.8. The van der Waals surface area contributed by atoms with Crippen LogP contribution in [0.2, 0.25) is 10.2 Å². The molecule has 0 spiro atoms. The van der Waals surface area contributed by atoms with Crippen LogP contribution in [0.3, 0.4) is 0 Å². The van der Waals surface area contributed by atoms with E-state index in [2.05, 4.69) is 4.98 Å². The first-order valence-corrected chi connectivity index (χ1v) is 5.39. The Morgan fingerprint density at radius 1 is 1.41 bits per heavy atom. The van der Waals surface area contributed by atoms with Crippen molar-refractivity contribution in [2.75, 3.05) is 0 Å². The lowest BCUT2D eigenvalue weighted by Crippen LogP contribution is -2.17. The number of hydrogen-bond donors (Lipinski definition) is 0. The van der Waals surface area contributed by atoms with Crippen molar-refractivity contribution in [2.24, 2.45) is 0 Å². The van der Waals surface area contributed by atoms with Gasteiger partial charge in [0.15, 0.2) is 0 Å². The van der Waals surface area contributed by atoms with E-state index in [0.717, 1.165) is 0 Å². The van der Waals surface area contributed by atoms with Crippen molar-refractivity contribution in [3.8, 4) is 6.07 Å².